The summed E-state index contributed by atoms with van der Waals surface area (Å²) < 4.78 is 4.57. The molecule has 1 N–H and O–H groups in total. The van der Waals surface area contributed by atoms with Crippen LogP contribution in [0.3, 0.4) is 0 Å². The SMILES string of the molecule is CC(C)(Br)C(=O)N(NC(=O)OCc1ccccc1)C1CC2CCC1C2. The summed E-state index contributed by atoms with van der Waals surface area (Å²) >= 11 is 3.43. The van der Waals surface area contributed by atoms with Crippen LogP contribution in [0.4, 0.5) is 4.79 Å². The zero-order chi connectivity index (χ0) is 18.0. The molecule has 0 heterocycles. The van der Waals surface area contributed by atoms with Crippen LogP contribution in [0.5, 0.6) is 0 Å². The maximum atomic E-state index is 12.8. The molecule has 136 valence electrons. The molecule has 2 saturated carbocycles. The van der Waals surface area contributed by atoms with Crippen LogP contribution >= 0.6 is 15.9 Å². The number of nitrogens with one attached hydrogen (secondary N) is 1. The van der Waals surface area contributed by atoms with Gasteiger partial charge in [0.2, 0.25) is 0 Å². The molecular weight excluding hydrogens is 384 g/mol. The Morgan fingerprint density at radius 1 is 1.24 bits per heavy atom. The van der Waals surface area contributed by atoms with Crippen LogP contribution in [0, 0.1) is 11.8 Å². The van der Waals surface area contributed by atoms with Crippen LogP contribution in [-0.2, 0) is 16.1 Å². The molecule has 1 aromatic rings. The molecule has 2 bridgehead atoms. The fourth-order valence-electron chi connectivity index (χ4n) is 3.95. The monoisotopic (exact) mass is 408 g/mol. The number of hydrogen-bond acceptors (Lipinski definition) is 3. The lowest BCUT2D eigenvalue weighted by molar-refractivity contribution is -0.139. The zero-order valence-electron chi connectivity index (χ0n) is 14.7. The van der Waals surface area contributed by atoms with E-state index in [0.717, 1.165) is 24.8 Å². The Balaban J connectivity index is 1.65. The molecule has 3 unspecified atom stereocenters. The minimum atomic E-state index is -0.735. The van der Waals surface area contributed by atoms with Gasteiger partial charge in [0.1, 0.15) is 10.9 Å². The van der Waals surface area contributed by atoms with Gasteiger partial charge in [0, 0.05) is 0 Å². The number of fused-ring (bicyclic) bond motifs is 2. The van der Waals surface area contributed by atoms with Gasteiger partial charge in [-0.3, -0.25) is 4.79 Å². The normalized spacial score (nSPS) is 24.8. The highest BCUT2D eigenvalue weighted by Crippen LogP contribution is 2.46. The van der Waals surface area contributed by atoms with Crippen LogP contribution in [-0.4, -0.2) is 27.4 Å². The third kappa shape index (κ3) is 4.35. The number of hydrogen-bond donors (Lipinski definition) is 1. The molecule has 3 rings (SSSR count). The van der Waals surface area contributed by atoms with E-state index in [0.29, 0.717) is 11.8 Å². The van der Waals surface area contributed by atoms with E-state index in [1.54, 1.807) is 13.8 Å². The fourth-order valence-corrected chi connectivity index (χ4v) is 4.14. The molecular formula is C19H25BrN2O3. The molecule has 0 aliphatic heterocycles. The second kappa shape index (κ2) is 7.36. The highest BCUT2D eigenvalue weighted by molar-refractivity contribution is 9.10. The number of rotatable bonds is 4. The zero-order valence-corrected chi connectivity index (χ0v) is 16.3. The topological polar surface area (TPSA) is 58.6 Å². The van der Waals surface area contributed by atoms with Gasteiger partial charge < -0.3 is 4.74 Å². The first-order chi connectivity index (χ1) is 11.8. The van der Waals surface area contributed by atoms with E-state index in [1.165, 1.54) is 11.4 Å². The Labute approximate surface area is 157 Å². The summed E-state index contributed by atoms with van der Waals surface area (Å²) in [7, 11) is 0. The standard InChI is InChI=1S/C19H25BrN2O3/c1-19(2,20)17(23)22(16-11-14-8-9-15(16)10-14)21-18(24)25-12-13-6-4-3-5-7-13/h3-7,14-16H,8-12H2,1-2H3,(H,21,24). The summed E-state index contributed by atoms with van der Waals surface area (Å²) in [6.07, 6.45) is 3.88. The van der Waals surface area contributed by atoms with E-state index in [2.05, 4.69) is 21.4 Å². The average molecular weight is 409 g/mol. The van der Waals surface area contributed by atoms with Crippen molar-refractivity contribution in [2.45, 2.75) is 56.5 Å². The Morgan fingerprint density at radius 2 is 1.96 bits per heavy atom. The maximum Gasteiger partial charge on any atom is 0.426 e. The van der Waals surface area contributed by atoms with Crippen molar-refractivity contribution in [2.24, 2.45) is 11.8 Å². The van der Waals surface area contributed by atoms with Gasteiger partial charge in [-0.1, -0.05) is 52.7 Å². The lowest BCUT2D eigenvalue weighted by Crippen LogP contribution is -2.57. The van der Waals surface area contributed by atoms with Gasteiger partial charge in [0.25, 0.3) is 5.91 Å². The Hall–Kier alpha value is -1.56. The first-order valence-electron chi connectivity index (χ1n) is 8.84. The van der Waals surface area contributed by atoms with Crippen molar-refractivity contribution in [3.63, 3.8) is 0 Å². The predicted octanol–water partition coefficient (Wildman–Crippen LogP) is 4.02. The van der Waals surface area contributed by atoms with Crippen molar-refractivity contribution in [1.29, 1.82) is 0 Å². The summed E-state index contributed by atoms with van der Waals surface area (Å²) in [5, 5.41) is 1.52. The summed E-state index contributed by atoms with van der Waals surface area (Å²) in [4.78, 5) is 25.1. The Bertz CT molecular complexity index is 629. The molecule has 0 radical (unpaired) electrons. The van der Waals surface area contributed by atoms with Gasteiger partial charge in [-0.25, -0.2) is 15.2 Å². The molecule has 2 amide bonds. The summed E-state index contributed by atoms with van der Waals surface area (Å²) in [5.41, 5.74) is 3.63. The largest absolute Gasteiger partial charge is 0.443 e. The van der Waals surface area contributed by atoms with E-state index in [1.807, 2.05) is 30.3 Å². The van der Waals surface area contributed by atoms with Crippen molar-refractivity contribution >= 4 is 27.9 Å². The molecule has 0 spiro atoms. The number of hydrazine groups is 1. The number of nitrogens with zero attached hydrogens (tertiary/aromatic N) is 1. The van der Waals surface area contributed by atoms with Crippen molar-refractivity contribution in [1.82, 2.24) is 10.4 Å². The lowest BCUT2D eigenvalue weighted by Gasteiger charge is -2.37. The van der Waals surface area contributed by atoms with Gasteiger partial charge in [-0.15, -0.1) is 0 Å². The lowest BCUT2D eigenvalue weighted by atomic mass is 9.94. The second-order valence-corrected chi connectivity index (χ2v) is 9.55. The third-order valence-corrected chi connectivity index (χ3v) is 5.52. The van der Waals surface area contributed by atoms with E-state index in [9.17, 15) is 9.59 Å². The van der Waals surface area contributed by atoms with Gasteiger partial charge in [0.05, 0.1) is 6.04 Å². The molecule has 2 aliphatic rings. The summed E-state index contributed by atoms with van der Waals surface area (Å²) in [6, 6.07) is 9.57. The molecule has 5 nitrogen and oxygen atoms in total. The van der Waals surface area contributed by atoms with Crippen molar-refractivity contribution in [3.8, 4) is 0 Å². The predicted molar refractivity (Wildman–Crippen MR) is 98.9 cm³/mol. The quantitative estimate of drug-likeness (QED) is 0.604. The molecule has 6 heteroatoms. The number of alkyl halides is 1. The van der Waals surface area contributed by atoms with Crippen LogP contribution in [0.15, 0.2) is 30.3 Å². The smallest absolute Gasteiger partial charge is 0.426 e. The van der Waals surface area contributed by atoms with Crippen molar-refractivity contribution < 1.29 is 14.3 Å². The minimum absolute atomic E-state index is 0.0624. The van der Waals surface area contributed by atoms with Crippen LogP contribution in [0.2, 0.25) is 0 Å². The van der Waals surface area contributed by atoms with E-state index in [-0.39, 0.29) is 18.6 Å². The molecule has 25 heavy (non-hydrogen) atoms. The highest BCUT2D eigenvalue weighted by Gasteiger charge is 2.46. The first kappa shape index (κ1) is 18.2. The van der Waals surface area contributed by atoms with Gasteiger partial charge in [-0.05, 0) is 50.5 Å². The van der Waals surface area contributed by atoms with Crippen LogP contribution < -0.4 is 5.43 Å². The van der Waals surface area contributed by atoms with Crippen molar-refractivity contribution in [2.75, 3.05) is 0 Å². The van der Waals surface area contributed by atoms with E-state index in [4.69, 9.17) is 4.74 Å². The minimum Gasteiger partial charge on any atom is -0.443 e. The molecule has 3 atom stereocenters. The molecule has 2 aliphatic carbocycles. The van der Waals surface area contributed by atoms with Crippen LogP contribution in [0.25, 0.3) is 0 Å². The maximum absolute atomic E-state index is 12.8. The average Bonchev–Trinajstić information content (AvgIpc) is 3.20. The molecule has 2 fully saturated rings. The van der Waals surface area contributed by atoms with Gasteiger partial charge >= 0.3 is 6.09 Å². The molecule has 1 aromatic carbocycles. The van der Waals surface area contributed by atoms with Gasteiger partial charge in [-0.2, -0.15) is 0 Å². The first-order valence-corrected chi connectivity index (χ1v) is 9.64. The third-order valence-electron chi connectivity index (χ3n) is 5.18. The Kier molecular flexibility index (Phi) is 5.37. The number of carbonyl (C=O) groups is 2. The number of halogens is 1. The molecule has 0 saturated heterocycles. The van der Waals surface area contributed by atoms with E-state index < -0.39 is 10.4 Å². The summed E-state index contributed by atoms with van der Waals surface area (Å²) in [6.45, 7) is 3.78. The van der Waals surface area contributed by atoms with Crippen molar-refractivity contribution in [3.05, 3.63) is 35.9 Å². The highest BCUT2D eigenvalue weighted by atomic mass is 79.9. The number of benzene rings is 1. The number of ether oxygens (including phenoxy) is 1. The Morgan fingerprint density at radius 3 is 2.52 bits per heavy atom. The number of carbonyl (C=O) groups excluding carboxylic acids is 2. The van der Waals surface area contributed by atoms with Gasteiger partial charge in [0.15, 0.2) is 0 Å². The second-order valence-electron chi connectivity index (χ2n) is 7.56. The number of amides is 2. The summed E-state index contributed by atoms with van der Waals surface area (Å²) in [5.74, 6) is 1.01. The molecule has 0 aromatic heterocycles. The fraction of sp³-hybridized carbons (Fsp3) is 0.579. The van der Waals surface area contributed by atoms with Crippen LogP contribution in [0.1, 0.15) is 45.1 Å². The van der Waals surface area contributed by atoms with E-state index >= 15 is 0 Å².